The Kier molecular flexibility index (Phi) is 3.25. The van der Waals surface area contributed by atoms with Gasteiger partial charge in [0.2, 0.25) is 0 Å². The Morgan fingerprint density at radius 1 is 0.444 bits per heavy atom. The van der Waals surface area contributed by atoms with Gasteiger partial charge in [0.1, 0.15) is 11.6 Å². The molecule has 0 saturated carbocycles. The summed E-state index contributed by atoms with van der Waals surface area (Å²) in [4.78, 5) is 17.3. The first kappa shape index (κ1) is 18.4. The summed E-state index contributed by atoms with van der Waals surface area (Å²) in [5.41, 5.74) is 11.2. The van der Waals surface area contributed by atoms with Gasteiger partial charge in [-0.15, -0.1) is 0 Å². The van der Waals surface area contributed by atoms with Crippen LogP contribution in [0.25, 0.3) is 89.4 Å². The molecule has 9 rings (SSSR count). The number of benzene rings is 5. The maximum Gasteiger partial charge on any atom is 0.138 e. The Bertz CT molecular complexity index is 1800. The van der Waals surface area contributed by atoms with Crippen LogP contribution >= 0.6 is 0 Å². The molecule has 4 heteroatoms. The van der Waals surface area contributed by atoms with Gasteiger partial charge in [-0.25, -0.2) is 9.97 Å². The lowest BCUT2D eigenvalue weighted by atomic mass is 10.0. The second kappa shape index (κ2) is 6.37. The van der Waals surface area contributed by atoms with E-state index in [4.69, 9.17) is 9.97 Å². The second-order valence-electron chi connectivity index (χ2n) is 9.62. The number of imidazole rings is 2. The molecular formula is C32H18N4. The number of hydrogen-bond acceptors (Lipinski definition) is 2. The third-order valence-corrected chi connectivity index (χ3v) is 7.68. The van der Waals surface area contributed by atoms with Crippen molar-refractivity contribution in [1.29, 1.82) is 0 Å². The second-order valence-corrected chi connectivity index (χ2v) is 9.62. The van der Waals surface area contributed by atoms with Crippen molar-refractivity contribution in [3.8, 4) is 67.8 Å². The van der Waals surface area contributed by atoms with E-state index in [2.05, 4.69) is 107 Å². The highest BCUT2D eigenvalue weighted by molar-refractivity contribution is 6.14. The minimum atomic E-state index is 0.877. The summed E-state index contributed by atoms with van der Waals surface area (Å²) in [6, 6.07) is 34.3. The third-order valence-electron chi connectivity index (χ3n) is 7.68. The number of hydrogen-bond donors (Lipinski definition) is 2. The van der Waals surface area contributed by atoms with E-state index in [9.17, 15) is 0 Å². The van der Waals surface area contributed by atoms with Crippen LogP contribution in [0.15, 0.2) is 97.1 Å². The molecule has 0 unspecified atom stereocenters. The lowest BCUT2D eigenvalue weighted by Gasteiger charge is -2.05. The number of rotatable bonds is 2. The minimum Gasteiger partial charge on any atom is -0.337 e. The summed E-state index contributed by atoms with van der Waals surface area (Å²) in [5, 5.41) is 5.08. The van der Waals surface area contributed by atoms with Crippen molar-refractivity contribution in [2.75, 3.05) is 0 Å². The van der Waals surface area contributed by atoms with Gasteiger partial charge < -0.3 is 9.97 Å². The lowest BCUT2D eigenvalue weighted by Crippen LogP contribution is -1.87. The first-order chi connectivity index (χ1) is 17.8. The van der Waals surface area contributed by atoms with Crippen LogP contribution in [-0.4, -0.2) is 19.9 Å². The van der Waals surface area contributed by atoms with Crippen LogP contribution in [0.3, 0.4) is 0 Å². The molecule has 0 radical (unpaired) electrons. The predicted octanol–water partition coefficient (Wildman–Crippen LogP) is 8.07. The van der Waals surface area contributed by atoms with Crippen LogP contribution in [-0.2, 0) is 0 Å². The fraction of sp³-hybridized carbons (Fsp3) is 0. The molecule has 2 aliphatic rings. The zero-order valence-electron chi connectivity index (χ0n) is 19.1. The van der Waals surface area contributed by atoms with Crippen LogP contribution in [0.4, 0.5) is 0 Å². The summed E-state index contributed by atoms with van der Waals surface area (Å²) in [6.07, 6.45) is 0. The van der Waals surface area contributed by atoms with Crippen molar-refractivity contribution in [2.45, 2.75) is 0 Å². The molecule has 0 atom stereocenters. The van der Waals surface area contributed by atoms with E-state index in [0.29, 0.717) is 0 Å². The highest BCUT2D eigenvalue weighted by Gasteiger charge is 2.27. The standard InChI is InChI=1S/C32H18N4/c1-10-19(31-33-27-21-12-2-6-17-7-3-13-22(25(17)21)28(27)34-31)16-20(11-1)32-35-29-23-14-4-8-18-9-5-15-24(26(18)23)30(29)36-32/h1-16H,(H,33,34)(H,35,36). The smallest absolute Gasteiger partial charge is 0.138 e. The highest BCUT2D eigenvalue weighted by atomic mass is 15.0. The van der Waals surface area contributed by atoms with E-state index in [0.717, 1.165) is 45.6 Å². The molecule has 5 aromatic carbocycles. The summed E-state index contributed by atoms with van der Waals surface area (Å²) >= 11 is 0. The number of aromatic amines is 2. The molecule has 0 bridgehead atoms. The zero-order chi connectivity index (χ0) is 23.4. The summed E-state index contributed by atoms with van der Waals surface area (Å²) in [5.74, 6) is 1.75. The predicted molar refractivity (Wildman–Crippen MR) is 145 cm³/mol. The molecule has 2 aromatic heterocycles. The maximum atomic E-state index is 5.06. The Balaban J connectivity index is 1.16. The van der Waals surface area contributed by atoms with E-state index >= 15 is 0 Å². The molecule has 0 aliphatic heterocycles. The molecular weight excluding hydrogens is 440 g/mol. The molecule has 0 spiro atoms. The maximum absolute atomic E-state index is 5.06. The first-order valence-electron chi connectivity index (χ1n) is 12.2. The summed E-state index contributed by atoms with van der Waals surface area (Å²) in [6.45, 7) is 0. The van der Waals surface area contributed by atoms with Crippen molar-refractivity contribution >= 4 is 21.5 Å². The van der Waals surface area contributed by atoms with Gasteiger partial charge in [0.15, 0.2) is 0 Å². The van der Waals surface area contributed by atoms with Crippen molar-refractivity contribution in [3.05, 3.63) is 97.1 Å². The average Bonchev–Trinajstić information content (AvgIpc) is 3.68. The van der Waals surface area contributed by atoms with Crippen molar-refractivity contribution in [2.24, 2.45) is 0 Å². The van der Waals surface area contributed by atoms with Crippen molar-refractivity contribution in [1.82, 2.24) is 19.9 Å². The van der Waals surface area contributed by atoms with Gasteiger partial charge in [0.25, 0.3) is 0 Å². The van der Waals surface area contributed by atoms with Crippen molar-refractivity contribution < 1.29 is 0 Å². The number of nitrogens with one attached hydrogen (secondary N) is 2. The number of H-pyrrole nitrogens is 2. The lowest BCUT2D eigenvalue weighted by molar-refractivity contribution is 1.29. The minimum absolute atomic E-state index is 0.877. The fourth-order valence-electron chi connectivity index (χ4n) is 6.11. The van der Waals surface area contributed by atoms with Gasteiger partial charge in [0, 0.05) is 44.2 Å². The largest absolute Gasteiger partial charge is 0.337 e. The van der Waals surface area contributed by atoms with Gasteiger partial charge in [-0.3, -0.25) is 0 Å². The molecule has 7 aromatic rings. The molecule has 2 aliphatic carbocycles. The van der Waals surface area contributed by atoms with Crippen LogP contribution in [0.5, 0.6) is 0 Å². The van der Waals surface area contributed by atoms with E-state index in [1.165, 1.54) is 43.8 Å². The number of aromatic nitrogens is 4. The SMILES string of the molecule is c1cc(-c2nc3c([nH]2)-c2cccc4cccc-3c24)cc(-c2nc3c([nH]2)-c2cccc4cccc-3c24)c1. The van der Waals surface area contributed by atoms with Crippen LogP contribution < -0.4 is 0 Å². The molecule has 2 N–H and O–H groups in total. The topological polar surface area (TPSA) is 57.4 Å². The molecule has 166 valence electrons. The van der Waals surface area contributed by atoms with E-state index in [-0.39, 0.29) is 0 Å². The Hall–Kier alpha value is -4.96. The first-order valence-corrected chi connectivity index (χ1v) is 12.2. The van der Waals surface area contributed by atoms with Gasteiger partial charge in [-0.1, -0.05) is 91.0 Å². The third kappa shape index (κ3) is 2.24. The molecule has 0 saturated heterocycles. The average molecular weight is 459 g/mol. The zero-order valence-corrected chi connectivity index (χ0v) is 19.1. The number of fused-ring (bicyclic) bond motifs is 6. The molecule has 0 amide bonds. The summed E-state index contributed by atoms with van der Waals surface area (Å²) in [7, 11) is 0. The van der Waals surface area contributed by atoms with Gasteiger partial charge in [0.05, 0.1) is 22.8 Å². The van der Waals surface area contributed by atoms with Gasteiger partial charge in [-0.2, -0.15) is 0 Å². The van der Waals surface area contributed by atoms with Gasteiger partial charge in [-0.05, 0) is 16.8 Å². The quantitative estimate of drug-likeness (QED) is 0.275. The van der Waals surface area contributed by atoms with Gasteiger partial charge >= 0.3 is 0 Å². The molecule has 2 heterocycles. The van der Waals surface area contributed by atoms with E-state index in [1.54, 1.807) is 0 Å². The van der Waals surface area contributed by atoms with Crippen LogP contribution in [0.2, 0.25) is 0 Å². The van der Waals surface area contributed by atoms with Crippen LogP contribution in [0.1, 0.15) is 0 Å². The number of nitrogens with zero attached hydrogens (tertiary/aromatic N) is 2. The molecule has 4 nitrogen and oxygen atoms in total. The van der Waals surface area contributed by atoms with Crippen molar-refractivity contribution in [3.63, 3.8) is 0 Å². The fourth-order valence-corrected chi connectivity index (χ4v) is 6.11. The Morgan fingerprint density at radius 2 is 0.861 bits per heavy atom. The van der Waals surface area contributed by atoms with E-state index < -0.39 is 0 Å². The molecule has 36 heavy (non-hydrogen) atoms. The monoisotopic (exact) mass is 458 g/mol. The molecule has 0 fully saturated rings. The van der Waals surface area contributed by atoms with E-state index in [1.807, 2.05) is 0 Å². The Labute approximate surface area is 206 Å². The normalized spacial score (nSPS) is 12.4. The van der Waals surface area contributed by atoms with Crippen LogP contribution in [0, 0.1) is 0 Å². The highest BCUT2D eigenvalue weighted by Crippen LogP contribution is 2.48. The Morgan fingerprint density at radius 3 is 1.33 bits per heavy atom. The summed E-state index contributed by atoms with van der Waals surface area (Å²) < 4.78 is 0.